The molecule has 2 rings (SSSR count). The Balaban J connectivity index is 2.03. The second-order valence-corrected chi connectivity index (χ2v) is 6.06. The lowest BCUT2D eigenvalue weighted by Crippen LogP contribution is -2.47. The summed E-state index contributed by atoms with van der Waals surface area (Å²) < 4.78 is 0. The molecule has 1 atom stereocenters. The number of alkyl halides is 1. The molecular weight excluding hydrogens is 234 g/mol. The van der Waals surface area contributed by atoms with E-state index in [-0.39, 0.29) is 5.41 Å². The minimum absolute atomic E-state index is 0.0196. The molecule has 0 aromatic heterocycles. The van der Waals surface area contributed by atoms with Gasteiger partial charge >= 0.3 is 0 Å². The zero-order valence-corrected chi connectivity index (χ0v) is 11.6. The molecule has 17 heavy (non-hydrogen) atoms. The number of nitrogens with zero attached hydrogens (tertiary/aromatic N) is 1. The van der Waals surface area contributed by atoms with Crippen LogP contribution in [-0.4, -0.2) is 29.8 Å². The Morgan fingerprint density at radius 1 is 1.35 bits per heavy atom. The van der Waals surface area contributed by atoms with Gasteiger partial charge in [0, 0.05) is 24.4 Å². The lowest BCUT2D eigenvalue weighted by atomic mass is 9.81. The molecule has 3 heteroatoms. The lowest BCUT2D eigenvalue weighted by Gasteiger charge is -2.38. The van der Waals surface area contributed by atoms with Gasteiger partial charge in [0.2, 0.25) is 5.91 Å². The number of halogens is 1. The normalized spacial score (nSPS) is 28.4. The third-order valence-electron chi connectivity index (χ3n) is 4.72. The van der Waals surface area contributed by atoms with Crippen LogP contribution in [0.3, 0.4) is 0 Å². The molecule has 1 amide bonds. The second kappa shape index (κ2) is 5.60. The quantitative estimate of drug-likeness (QED) is 0.710. The summed E-state index contributed by atoms with van der Waals surface area (Å²) in [6, 6.07) is 0. The van der Waals surface area contributed by atoms with Crippen molar-refractivity contribution in [3.63, 3.8) is 0 Å². The first-order chi connectivity index (χ1) is 8.22. The maximum Gasteiger partial charge on any atom is 0.228 e. The molecule has 1 saturated carbocycles. The van der Waals surface area contributed by atoms with Gasteiger partial charge in [-0.3, -0.25) is 4.79 Å². The first-order valence-corrected chi connectivity index (χ1v) is 7.60. The maximum absolute atomic E-state index is 12.7. The first-order valence-electron chi connectivity index (χ1n) is 7.07. The summed E-state index contributed by atoms with van der Waals surface area (Å²) in [6.07, 6.45) is 7.98. The average Bonchev–Trinajstić information content (AvgIpc) is 2.88. The van der Waals surface area contributed by atoms with Gasteiger partial charge in [-0.1, -0.05) is 19.8 Å². The van der Waals surface area contributed by atoms with Crippen molar-refractivity contribution in [3.05, 3.63) is 0 Å². The minimum Gasteiger partial charge on any atom is -0.342 e. The van der Waals surface area contributed by atoms with Crippen LogP contribution in [-0.2, 0) is 4.79 Å². The molecule has 2 aliphatic rings. The topological polar surface area (TPSA) is 20.3 Å². The number of amides is 1. The second-order valence-electron chi connectivity index (χ2n) is 5.75. The highest BCUT2D eigenvalue weighted by Crippen LogP contribution is 2.43. The summed E-state index contributed by atoms with van der Waals surface area (Å²) in [5.41, 5.74) is -0.0196. The van der Waals surface area contributed by atoms with E-state index in [4.69, 9.17) is 11.6 Å². The van der Waals surface area contributed by atoms with Crippen molar-refractivity contribution < 1.29 is 4.79 Å². The molecule has 0 radical (unpaired) electrons. The predicted molar refractivity (Wildman–Crippen MR) is 71.2 cm³/mol. The molecule has 1 heterocycles. The predicted octanol–water partition coefficient (Wildman–Crippen LogP) is 3.43. The number of hydrogen-bond donors (Lipinski definition) is 0. The number of carbonyl (C=O) groups excluding carboxylic acids is 1. The summed E-state index contributed by atoms with van der Waals surface area (Å²) in [5.74, 6) is 1.64. The van der Waals surface area contributed by atoms with E-state index in [0.717, 1.165) is 38.8 Å². The van der Waals surface area contributed by atoms with Crippen LogP contribution in [0.2, 0.25) is 0 Å². The summed E-state index contributed by atoms with van der Waals surface area (Å²) in [7, 11) is 0. The van der Waals surface area contributed by atoms with Crippen molar-refractivity contribution in [1.29, 1.82) is 0 Å². The summed E-state index contributed by atoms with van der Waals surface area (Å²) in [6.45, 7) is 4.02. The number of likely N-dealkylation sites (tertiary alicyclic amines) is 1. The van der Waals surface area contributed by atoms with Gasteiger partial charge in [0.1, 0.15) is 0 Å². The Morgan fingerprint density at radius 2 is 2.06 bits per heavy atom. The minimum atomic E-state index is -0.0196. The van der Waals surface area contributed by atoms with Crippen LogP contribution in [0.1, 0.15) is 51.9 Å². The Morgan fingerprint density at radius 3 is 2.65 bits per heavy atom. The zero-order chi connectivity index (χ0) is 12.3. The van der Waals surface area contributed by atoms with Gasteiger partial charge in [0.05, 0.1) is 0 Å². The van der Waals surface area contributed by atoms with Crippen molar-refractivity contribution in [2.75, 3.05) is 19.0 Å². The molecule has 2 nitrogen and oxygen atoms in total. The first kappa shape index (κ1) is 13.2. The third kappa shape index (κ3) is 2.62. The molecule has 0 spiro atoms. The van der Waals surface area contributed by atoms with E-state index in [1.807, 2.05) is 0 Å². The van der Waals surface area contributed by atoms with E-state index in [2.05, 4.69) is 11.8 Å². The van der Waals surface area contributed by atoms with Gasteiger partial charge in [-0.25, -0.2) is 0 Å². The van der Waals surface area contributed by atoms with Crippen LogP contribution in [0.15, 0.2) is 0 Å². The summed E-state index contributed by atoms with van der Waals surface area (Å²) in [4.78, 5) is 14.8. The third-order valence-corrected chi connectivity index (χ3v) is 5.15. The maximum atomic E-state index is 12.7. The highest BCUT2D eigenvalue weighted by molar-refractivity contribution is 6.18. The van der Waals surface area contributed by atoms with Gasteiger partial charge < -0.3 is 4.90 Å². The van der Waals surface area contributed by atoms with Gasteiger partial charge in [0.15, 0.2) is 0 Å². The largest absolute Gasteiger partial charge is 0.342 e. The van der Waals surface area contributed by atoms with Gasteiger partial charge in [-0.05, 0) is 38.0 Å². The number of piperidine rings is 1. The van der Waals surface area contributed by atoms with E-state index in [0.29, 0.717) is 17.7 Å². The van der Waals surface area contributed by atoms with Crippen molar-refractivity contribution in [3.8, 4) is 0 Å². The van der Waals surface area contributed by atoms with Crippen LogP contribution in [0.4, 0.5) is 0 Å². The molecule has 0 aromatic rings. The van der Waals surface area contributed by atoms with Crippen LogP contribution in [0.25, 0.3) is 0 Å². The van der Waals surface area contributed by atoms with E-state index in [9.17, 15) is 4.79 Å². The highest BCUT2D eigenvalue weighted by Gasteiger charge is 2.42. The van der Waals surface area contributed by atoms with Crippen LogP contribution < -0.4 is 0 Å². The molecule has 1 aliphatic carbocycles. The molecule has 98 valence electrons. The Bertz CT molecular complexity index is 273. The van der Waals surface area contributed by atoms with E-state index in [1.54, 1.807) is 0 Å². The lowest BCUT2D eigenvalue weighted by molar-refractivity contribution is -0.144. The number of hydrogen-bond acceptors (Lipinski definition) is 1. The van der Waals surface area contributed by atoms with Crippen molar-refractivity contribution in [1.82, 2.24) is 4.90 Å². The molecular formula is C14H24ClNO. The smallest absolute Gasteiger partial charge is 0.228 e. The monoisotopic (exact) mass is 257 g/mol. The molecule has 0 bridgehead atoms. The highest BCUT2D eigenvalue weighted by atomic mass is 35.5. The SMILES string of the molecule is CCC1(C(=O)N2CCCC(CCl)C2)CCCC1. The van der Waals surface area contributed by atoms with E-state index >= 15 is 0 Å². The molecule has 1 aliphatic heterocycles. The van der Waals surface area contributed by atoms with Crippen LogP contribution in [0, 0.1) is 11.3 Å². The fourth-order valence-electron chi connectivity index (χ4n) is 3.48. The van der Waals surface area contributed by atoms with Crippen molar-refractivity contribution in [2.45, 2.75) is 51.9 Å². The Hall–Kier alpha value is -0.240. The summed E-state index contributed by atoms with van der Waals surface area (Å²) in [5, 5.41) is 0. The fourth-order valence-corrected chi connectivity index (χ4v) is 3.73. The average molecular weight is 258 g/mol. The van der Waals surface area contributed by atoms with E-state index in [1.165, 1.54) is 19.3 Å². The van der Waals surface area contributed by atoms with Gasteiger partial charge in [-0.15, -0.1) is 11.6 Å². The van der Waals surface area contributed by atoms with Crippen molar-refractivity contribution >= 4 is 17.5 Å². The standard InChI is InChI=1S/C14H24ClNO/c1-2-14(7-3-4-8-14)13(17)16-9-5-6-12(10-15)11-16/h12H,2-11H2,1H3. The van der Waals surface area contributed by atoms with Crippen LogP contribution in [0.5, 0.6) is 0 Å². The molecule has 2 fully saturated rings. The molecule has 0 N–H and O–H groups in total. The summed E-state index contributed by atoms with van der Waals surface area (Å²) >= 11 is 5.94. The Labute approximate surface area is 110 Å². The molecule has 1 unspecified atom stereocenters. The van der Waals surface area contributed by atoms with E-state index < -0.39 is 0 Å². The molecule has 0 aromatic carbocycles. The Kier molecular flexibility index (Phi) is 4.35. The number of carbonyl (C=O) groups is 1. The van der Waals surface area contributed by atoms with Crippen LogP contribution >= 0.6 is 11.6 Å². The van der Waals surface area contributed by atoms with Crippen molar-refractivity contribution in [2.24, 2.45) is 11.3 Å². The molecule has 1 saturated heterocycles. The van der Waals surface area contributed by atoms with Gasteiger partial charge in [-0.2, -0.15) is 0 Å². The number of rotatable bonds is 3. The van der Waals surface area contributed by atoms with Gasteiger partial charge in [0.25, 0.3) is 0 Å². The zero-order valence-electron chi connectivity index (χ0n) is 10.9. The fraction of sp³-hybridized carbons (Fsp3) is 0.929.